The third-order valence-corrected chi connectivity index (χ3v) is 4.16. The average molecular weight is 408 g/mol. The van der Waals surface area contributed by atoms with E-state index in [1.54, 1.807) is 42.5 Å². The van der Waals surface area contributed by atoms with Crippen LogP contribution in [0, 0.1) is 0 Å². The van der Waals surface area contributed by atoms with Gasteiger partial charge in [-0.25, -0.2) is 14.4 Å². The number of ether oxygens (including phenoxy) is 3. The van der Waals surface area contributed by atoms with Crippen molar-refractivity contribution in [1.29, 1.82) is 0 Å². The smallest absolute Gasteiger partial charge is 0.344 e. The topological polar surface area (TPSA) is 105 Å². The average Bonchev–Trinajstić information content (AvgIpc) is 2.74. The maximum atomic E-state index is 11.8. The Hall–Kier alpha value is -4.07. The van der Waals surface area contributed by atoms with Crippen molar-refractivity contribution < 1.29 is 27.8 Å². The van der Waals surface area contributed by atoms with Crippen LogP contribution in [0.5, 0.6) is 11.5 Å². The molecule has 0 atom stereocenters. The maximum absolute atomic E-state index is 11.8. The van der Waals surface area contributed by atoms with Gasteiger partial charge < -0.3 is 23.0 Å². The molecule has 8 heteroatoms. The minimum absolute atomic E-state index is 0.0194. The van der Waals surface area contributed by atoms with Gasteiger partial charge in [0.15, 0.2) is 6.61 Å². The van der Waals surface area contributed by atoms with E-state index < -0.39 is 17.2 Å². The first kappa shape index (κ1) is 19.3. The van der Waals surface area contributed by atoms with E-state index in [1.165, 1.54) is 18.2 Å². The summed E-state index contributed by atoms with van der Waals surface area (Å²) >= 11 is 0. The predicted molar refractivity (Wildman–Crippen MR) is 107 cm³/mol. The van der Waals surface area contributed by atoms with Crippen LogP contribution in [0.2, 0.25) is 0 Å². The lowest BCUT2D eigenvalue weighted by atomic mass is 10.2. The second-order valence-corrected chi connectivity index (χ2v) is 6.27. The molecule has 0 N–H and O–H groups in total. The molecule has 152 valence electrons. The Morgan fingerprint density at radius 1 is 0.700 bits per heavy atom. The lowest BCUT2D eigenvalue weighted by Gasteiger charge is -2.09. The van der Waals surface area contributed by atoms with Crippen LogP contribution in [0.25, 0.3) is 21.9 Å². The second kappa shape index (κ2) is 8.52. The van der Waals surface area contributed by atoms with Gasteiger partial charge in [-0.15, -0.1) is 0 Å². The number of rotatable bonds is 7. The maximum Gasteiger partial charge on any atom is 0.344 e. The minimum atomic E-state index is -0.572. The van der Waals surface area contributed by atoms with E-state index >= 15 is 0 Å². The second-order valence-electron chi connectivity index (χ2n) is 6.27. The Balaban J connectivity index is 1.24. The van der Waals surface area contributed by atoms with Crippen LogP contribution in [-0.2, 0) is 9.53 Å². The Bertz CT molecular complexity index is 1320. The lowest BCUT2D eigenvalue weighted by Crippen LogP contribution is -2.18. The summed E-state index contributed by atoms with van der Waals surface area (Å²) in [6.07, 6.45) is 0. The fourth-order valence-corrected chi connectivity index (χ4v) is 2.76. The molecule has 0 aliphatic carbocycles. The van der Waals surface area contributed by atoms with E-state index in [-0.39, 0.29) is 19.8 Å². The van der Waals surface area contributed by atoms with Crippen molar-refractivity contribution in [2.45, 2.75) is 0 Å². The zero-order valence-electron chi connectivity index (χ0n) is 15.7. The van der Waals surface area contributed by atoms with E-state index in [9.17, 15) is 14.4 Å². The largest absolute Gasteiger partial charge is 0.490 e. The molecule has 4 aromatic rings. The highest BCUT2D eigenvalue weighted by atomic mass is 16.6. The van der Waals surface area contributed by atoms with Crippen LogP contribution in [-0.4, -0.2) is 25.8 Å². The van der Waals surface area contributed by atoms with Gasteiger partial charge in [0.25, 0.3) is 0 Å². The molecule has 2 heterocycles. The highest BCUT2D eigenvalue weighted by Crippen LogP contribution is 2.20. The van der Waals surface area contributed by atoms with Gasteiger partial charge in [-0.2, -0.15) is 0 Å². The summed E-state index contributed by atoms with van der Waals surface area (Å²) in [4.78, 5) is 34.4. The summed E-state index contributed by atoms with van der Waals surface area (Å²) in [6.45, 7) is -0.162. The number of esters is 1. The Morgan fingerprint density at radius 3 is 1.83 bits per heavy atom. The number of carbonyl (C=O) groups is 1. The zero-order chi connectivity index (χ0) is 20.9. The number of benzene rings is 2. The summed E-state index contributed by atoms with van der Waals surface area (Å²) < 4.78 is 26.1. The third kappa shape index (κ3) is 4.67. The van der Waals surface area contributed by atoms with Crippen molar-refractivity contribution in [1.82, 2.24) is 0 Å². The van der Waals surface area contributed by atoms with Gasteiger partial charge in [0, 0.05) is 35.0 Å². The van der Waals surface area contributed by atoms with Crippen molar-refractivity contribution in [3.63, 3.8) is 0 Å². The van der Waals surface area contributed by atoms with Crippen molar-refractivity contribution in [2.75, 3.05) is 19.8 Å². The molecule has 30 heavy (non-hydrogen) atoms. The molecule has 0 radical (unpaired) electrons. The molecule has 4 rings (SSSR count). The normalized spacial score (nSPS) is 10.8. The first-order valence-corrected chi connectivity index (χ1v) is 9.06. The van der Waals surface area contributed by atoms with Gasteiger partial charge in [0.1, 0.15) is 35.9 Å². The number of carbonyl (C=O) groups excluding carboxylic acids is 1. The van der Waals surface area contributed by atoms with Gasteiger partial charge in [-0.1, -0.05) is 0 Å². The standard InChI is InChI=1S/C22H16O8/c23-20-7-3-14-1-5-16(11-18(14)29-20)26-9-10-27-22(25)13-28-17-6-2-15-4-8-21(24)30-19(15)12-17/h1-8,11-12H,9-10,13H2. The van der Waals surface area contributed by atoms with Crippen molar-refractivity contribution >= 4 is 27.9 Å². The van der Waals surface area contributed by atoms with Crippen LogP contribution >= 0.6 is 0 Å². The summed E-state index contributed by atoms with van der Waals surface area (Å²) in [5.74, 6) is 0.294. The van der Waals surface area contributed by atoms with Crippen LogP contribution < -0.4 is 20.7 Å². The van der Waals surface area contributed by atoms with E-state index in [0.717, 1.165) is 10.8 Å². The molecule has 0 saturated carbocycles. The molecular weight excluding hydrogens is 392 g/mol. The number of fused-ring (bicyclic) bond motifs is 2. The molecular formula is C22H16O8. The molecule has 0 amide bonds. The van der Waals surface area contributed by atoms with Gasteiger partial charge in [-0.3, -0.25) is 0 Å². The molecule has 0 unspecified atom stereocenters. The molecule has 0 bridgehead atoms. The lowest BCUT2D eigenvalue weighted by molar-refractivity contribution is -0.146. The van der Waals surface area contributed by atoms with Crippen molar-refractivity contribution in [3.05, 3.63) is 81.5 Å². The minimum Gasteiger partial charge on any atom is -0.490 e. The van der Waals surface area contributed by atoms with E-state index in [4.69, 9.17) is 23.0 Å². The van der Waals surface area contributed by atoms with E-state index in [0.29, 0.717) is 22.7 Å². The van der Waals surface area contributed by atoms with Crippen LogP contribution in [0.4, 0.5) is 0 Å². The summed E-state index contributed by atoms with van der Waals surface area (Å²) in [5.41, 5.74) is -0.126. The quantitative estimate of drug-likeness (QED) is 0.261. The molecule has 0 saturated heterocycles. The molecule has 0 spiro atoms. The monoisotopic (exact) mass is 408 g/mol. The molecule has 0 aliphatic heterocycles. The predicted octanol–water partition coefficient (Wildman–Crippen LogP) is 2.90. The summed E-state index contributed by atoms with van der Waals surface area (Å²) in [7, 11) is 0. The van der Waals surface area contributed by atoms with E-state index in [2.05, 4.69) is 0 Å². The highest BCUT2D eigenvalue weighted by Gasteiger charge is 2.07. The molecule has 2 aromatic heterocycles. The molecule has 2 aromatic carbocycles. The third-order valence-electron chi connectivity index (χ3n) is 4.16. The van der Waals surface area contributed by atoms with Crippen LogP contribution in [0.1, 0.15) is 0 Å². The Kier molecular flexibility index (Phi) is 5.47. The fourth-order valence-electron chi connectivity index (χ4n) is 2.76. The van der Waals surface area contributed by atoms with E-state index in [1.807, 2.05) is 0 Å². The van der Waals surface area contributed by atoms with Crippen molar-refractivity contribution in [3.8, 4) is 11.5 Å². The Morgan fingerprint density at radius 2 is 1.23 bits per heavy atom. The first-order chi connectivity index (χ1) is 14.6. The van der Waals surface area contributed by atoms with Gasteiger partial charge in [0.2, 0.25) is 0 Å². The van der Waals surface area contributed by atoms with Gasteiger partial charge in [0.05, 0.1) is 0 Å². The fraction of sp³-hybridized carbons (Fsp3) is 0.136. The molecule has 8 nitrogen and oxygen atoms in total. The molecule has 0 aliphatic rings. The Labute approximate surface area is 169 Å². The molecule has 0 fully saturated rings. The summed E-state index contributed by atoms with van der Waals surface area (Å²) in [5, 5.41) is 1.52. The first-order valence-electron chi connectivity index (χ1n) is 9.06. The van der Waals surface area contributed by atoms with Crippen molar-refractivity contribution in [2.24, 2.45) is 0 Å². The number of hydrogen-bond donors (Lipinski definition) is 0. The highest BCUT2D eigenvalue weighted by molar-refractivity contribution is 5.78. The SMILES string of the molecule is O=C(COc1ccc2ccc(=O)oc2c1)OCCOc1ccc2ccc(=O)oc2c1. The number of hydrogen-bond acceptors (Lipinski definition) is 8. The zero-order valence-corrected chi connectivity index (χ0v) is 15.7. The van der Waals surface area contributed by atoms with Gasteiger partial charge >= 0.3 is 17.2 Å². The summed E-state index contributed by atoms with van der Waals surface area (Å²) in [6, 6.07) is 16.0. The van der Waals surface area contributed by atoms with Crippen LogP contribution in [0.3, 0.4) is 0 Å². The van der Waals surface area contributed by atoms with Crippen LogP contribution in [0.15, 0.2) is 79.1 Å². The van der Waals surface area contributed by atoms with Gasteiger partial charge in [-0.05, 0) is 36.4 Å².